The van der Waals surface area contributed by atoms with E-state index in [1.54, 1.807) is 4.90 Å². The van der Waals surface area contributed by atoms with Gasteiger partial charge in [0.1, 0.15) is 0 Å². The van der Waals surface area contributed by atoms with Crippen molar-refractivity contribution in [3.05, 3.63) is 0 Å². The van der Waals surface area contributed by atoms with E-state index < -0.39 is 11.9 Å². The number of urea groups is 1. The molecule has 1 atom stereocenters. The number of nitrogens with zero attached hydrogens (tertiary/aromatic N) is 2. The van der Waals surface area contributed by atoms with E-state index in [1.807, 2.05) is 0 Å². The Kier molecular flexibility index (Phi) is 6.95. The van der Waals surface area contributed by atoms with Crippen LogP contribution in [-0.2, 0) is 4.79 Å². The van der Waals surface area contributed by atoms with Crippen LogP contribution in [0.5, 0.6) is 0 Å². The van der Waals surface area contributed by atoms with Crippen molar-refractivity contribution in [1.82, 2.24) is 15.1 Å². The summed E-state index contributed by atoms with van der Waals surface area (Å²) in [6, 6.07) is 0.731. The third kappa shape index (κ3) is 5.53. The van der Waals surface area contributed by atoms with Crippen LogP contribution in [0.25, 0.3) is 0 Å². The van der Waals surface area contributed by atoms with Gasteiger partial charge < -0.3 is 15.3 Å². The topological polar surface area (TPSA) is 72.9 Å². The molecule has 122 valence electrons. The molecule has 0 aliphatic carbocycles. The van der Waals surface area contributed by atoms with Gasteiger partial charge in [0.2, 0.25) is 0 Å². The van der Waals surface area contributed by atoms with Gasteiger partial charge in [-0.3, -0.25) is 9.69 Å². The fraction of sp³-hybridized carbons (Fsp3) is 0.867. The van der Waals surface area contributed by atoms with E-state index in [0.717, 1.165) is 13.0 Å². The Morgan fingerprint density at radius 2 is 1.90 bits per heavy atom. The van der Waals surface area contributed by atoms with Crippen molar-refractivity contribution in [2.75, 3.05) is 26.2 Å². The van der Waals surface area contributed by atoms with Crippen molar-refractivity contribution in [2.45, 2.75) is 52.6 Å². The molecule has 0 bridgehead atoms. The minimum Gasteiger partial charge on any atom is -0.481 e. The average Bonchev–Trinajstić information content (AvgIpc) is 2.42. The number of carboxylic acids is 1. The molecule has 2 N–H and O–H groups in total. The molecule has 6 nitrogen and oxygen atoms in total. The highest BCUT2D eigenvalue weighted by atomic mass is 16.4. The van der Waals surface area contributed by atoms with Gasteiger partial charge in [-0.15, -0.1) is 0 Å². The number of carbonyl (C=O) groups excluding carboxylic acids is 1. The van der Waals surface area contributed by atoms with Crippen LogP contribution < -0.4 is 5.32 Å². The second-order valence-electron chi connectivity index (χ2n) is 6.28. The normalized spacial score (nSPS) is 19.4. The Hall–Kier alpha value is -1.30. The first-order chi connectivity index (χ1) is 9.82. The Morgan fingerprint density at radius 1 is 1.29 bits per heavy atom. The number of likely N-dealkylation sites (tertiary alicyclic amines) is 1. The summed E-state index contributed by atoms with van der Waals surface area (Å²) in [5.74, 6) is -1.23. The van der Waals surface area contributed by atoms with Crippen LogP contribution in [0, 0.1) is 5.92 Å². The standard InChI is InChI=1S/C15H29N3O3/c1-11(2)18(12(3)4)9-7-16-15(21)17-8-5-6-13(10-17)14(19)20/h11-13H,5-10H2,1-4H3,(H,16,21)(H,19,20). The van der Waals surface area contributed by atoms with Gasteiger partial charge in [-0.2, -0.15) is 0 Å². The summed E-state index contributed by atoms with van der Waals surface area (Å²) < 4.78 is 0. The largest absolute Gasteiger partial charge is 0.481 e. The number of hydrogen-bond acceptors (Lipinski definition) is 3. The molecule has 1 saturated heterocycles. The molecule has 1 heterocycles. The number of carbonyl (C=O) groups is 2. The molecule has 0 aromatic heterocycles. The summed E-state index contributed by atoms with van der Waals surface area (Å²) in [5.41, 5.74) is 0. The fourth-order valence-corrected chi connectivity index (χ4v) is 2.88. The number of aliphatic carboxylic acids is 1. The minimum atomic E-state index is -0.807. The highest BCUT2D eigenvalue weighted by Gasteiger charge is 2.28. The summed E-state index contributed by atoms with van der Waals surface area (Å²) in [5, 5.41) is 11.9. The molecule has 0 aromatic rings. The van der Waals surface area contributed by atoms with Crippen LogP contribution in [0.15, 0.2) is 0 Å². The number of nitrogens with one attached hydrogen (secondary N) is 1. The van der Waals surface area contributed by atoms with Crippen LogP contribution >= 0.6 is 0 Å². The Labute approximate surface area is 127 Å². The molecule has 0 spiro atoms. The minimum absolute atomic E-state index is 0.145. The molecule has 21 heavy (non-hydrogen) atoms. The van der Waals surface area contributed by atoms with E-state index in [9.17, 15) is 9.59 Å². The van der Waals surface area contributed by atoms with Crippen LogP contribution in [0.3, 0.4) is 0 Å². The van der Waals surface area contributed by atoms with Crippen molar-refractivity contribution in [2.24, 2.45) is 5.92 Å². The molecule has 0 aromatic carbocycles. The highest BCUT2D eigenvalue weighted by Crippen LogP contribution is 2.16. The van der Waals surface area contributed by atoms with Gasteiger partial charge >= 0.3 is 12.0 Å². The number of piperidine rings is 1. The highest BCUT2D eigenvalue weighted by molar-refractivity contribution is 5.76. The smallest absolute Gasteiger partial charge is 0.317 e. The molecule has 1 fully saturated rings. The maximum Gasteiger partial charge on any atom is 0.317 e. The zero-order chi connectivity index (χ0) is 16.0. The van der Waals surface area contributed by atoms with Crippen molar-refractivity contribution >= 4 is 12.0 Å². The summed E-state index contributed by atoms with van der Waals surface area (Å²) in [4.78, 5) is 27.0. The first kappa shape index (κ1) is 17.8. The van der Waals surface area contributed by atoms with Crippen LogP contribution in [0.4, 0.5) is 4.79 Å². The maximum atomic E-state index is 12.1. The second kappa shape index (κ2) is 8.22. The summed E-state index contributed by atoms with van der Waals surface area (Å²) >= 11 is 0. The SMILES string of the molecule is CC(C)N(CCNC(=O)N1CCCC(C(=O)O)C1)C(C)C. The summed E-state index contributed by atoms with van der Waals surface area (Å²) in [6.45, 7) is 10.9. The van der Waals surface area contributed by atoms with Crippen LogP contribution in [-0.4, -0.2) is 65.2 Å². The molecule has 0 radical (unpaired) electrons. The molecule has 0 saturated carbocycles. The molecular formula is C15H29N3O3. The fourth-order valence-electron chi connectivity index (χ4n) is 2.88. The predicted octanol–water partition coefficient (Wildman–Crippen LogP) is 1.61. The van der Waals surface area contributed by atoms with Crippen molar-refractivity contribution in [1.29, 1.82) is 0 Å². The monoisotopic (exact) mass is 299 g/mol. The summed E-state index contributed by atoms with van der Waals surface area (Å²) in [7, 11) is 0. The third-order valence-electron chi connectivity index (χ3n) is 4.03. The van der Waals surface area contributed by atoms with Gasteiger partial charge in [-0.25, -0.2) is 4.79 Å². The van der Waals surface area contributed by atoms with Crippen molar-refractivity contribution in [3.63, 3.8) is 0 Å². The van der Waals surface area contributed by atoms with Gasteiger partial charge in [0.05, 0.1) is 5.92 Å². The Bertz CT molecular complexity index is 350. The van der Waals surface area contributed by atoms with Gasteiger partial charge in [0.25, 0.3) is 0 Å². The number of rotatable bonds is 6. The number of amides is 2. The molecule has 2 amide bonds. The zero-order valence-corrected chi connectivity index (χ0v) is 13.6. The lowest BCUT2D eigenvalue weighted by molar-refractivity contribution is -0.143. The van der Waals surface area contributed by atoms with Gasteiger partial charge in [-0.05, 0) is 40.5 Å². The van der Waals surface area contributed by atoms with E-state index in [0.29, 0.717) is 38.1 Å². The molecular weight excluding hydrogens is 270 g/mol. The van der Waals surface area contributed by atoms with Crippen LogP contribution in [0.2, 0.25) is 0 Å². The molecule has 6 heteroatoms. The lowest BCUT2D eigenvalue weighted by atomic mass is 9.99. The van der Waals surface area contributed by atoms with E-state index in [2.05, 4.69) is 37.9 Å². The first-order valence-corrected chi connectivity index (χ1v) is 7.84. The van der Waals surface area contributed by atoms with Crippen molar-refractivity contribution in [3.8, 4) is 0 Å². The maximum absolute atomic E-state index is 12.1. The van der Waals surface area contributed by atoms with E-state index in [-0.39, 0.29) is 6.03 Å². The molecule has 1 unspecified atom stereocenters. The molecule has 1 aliphatic heterocycles. The zero-order valence-electron chi connectivity index (χ0n) is 13.6. The lowest BCUT2D eigenvalue weighted by Crippen LogP contribution is -2.49. The van der Waals surface area contributed by atoms with Gasteiger partial charge in [0, 0.05) is 38.3 Å². The van der Waals surface area contributed by atoms with Crippen LogP contribution in [0.1, 0.15) is 40.5 Å². The molecule has 1 aliphatic rings. The van der Waals surface area contributed by atoms with Gasteiger partial charge in [0.15, 0.2) is 0 Å². The van der Waals surface area contributed by atoms with E-state index in [1.165, 1.54) is 0 Å². The van der Waals surface area contributed by atoms with E-state index >= 15 is 0 Å². The number of carboxylic acid groups (broad SMARTS) is 1. The predicted molar refractivity (Wildman–Crippen MR) is 82.3 cm³/mol. The third-order valence-corrected chi connectivity index (χ3v) is 4.03. The average molecular weight is 299 g/mol. The summed E-state index contributed by atoms with van der Waals surface area (Å²) in [6.07, 6.45) is 1.42. The first-order valence-electron chi connectivity index (χ1n) is 7.84. The van der Waals surface area contributed by atoms with Crippen molar-refractivity contribution < 1.29 is 14.7 Å². The lowest BCUT2D eigenvalue weighted by Gasteiger charge is -2.32. The Morgan fingerprint density at radius 3 is 2.43 bits per heavy atom. The van der Waals surface area contributed by atoms with Gasteiger partial charge in [-0.1, -0.05) is 0 Å². The second-order valence-corrected chi connectivity index (χ2v) is 6.28. The molecule has 1 rings (SSSR count). The quantitative estimate of drug-likeness (QED) is 0.781. The Balaban J connectivity index is 2.38. The van der Waals surface area contributed by atoms with E-state index in [4.69, 9.17) is 5.11 Å². The number of hydrogen-bond donors (Lipinski definition) is 2.